The van der Waals surface area contributed by atoms with Gasteiger partial charge in [0.15, 0.2) is 0 Å². The summed E-state index contributed by atoms with van der Waals surface area (Å²) in [5, 5.41) is 40.0. The Hall–Kier alpha value is -0.374. The average molecular weight is 623 g/mol. The van der Waals surface area contributed by atoms with Crippen LogP contribution < -0.4 is 10.2 Å². The second-order valence-corrected chi connectivity index (χ2v) is 12.5. The van der Waals surface area contributed by atoms with Gasteiger partial charge < -0.3 is 30.0 Å². The van der Waals surface area contributed by atoms with Crippen molar-refractivity contribution in [3.8, 4) is 0 Å². The van der Waals surface area contributed by atoms with E-state index < -0.39 is 11.9 Å². The van der Waals surface area contributed by atoms with Crippen LogP contribution in [0.25, 0.3) is 0 Å². The average Bonchev–Trinajstić information content (AvgIpc) is 2.95. The fraction of sp³-hybridized carbons (Fsp3) is 0.944. The Morgan fingerprint density at radius 2 is 0.628 bits per heavy atom. The normalized spacial score (nSPS) is 12.2. The number of aliphatic hydroxyl groups excluding tert-OH is 2. The number of carboxylic acid groups (broad SMARTS) is 2. The second kappa shape index (κ2) is 39.7. The molecule has 7 heteroatoms. The van der Waals surface area contributed by atoms with E-state index in [2.05, 4.69) is 13.8 Å². The first-order valence-corrected chi connectivity index (χ1v) is 18.1. The topological polar surface area (TPSA) is 121 Å². The van der Waals surface area contributed by atoms with Gasteiger partial charge in [-0.15, -0.1) is 0 Å². The number of carboxylic acids is 2. The van der Waals surface area contributed by atoms with Crippen molar-refractivity contribution in [1.82, 2.24) is 0 Å². The van der Waals surface area contributed by atoms with Crippen molar-refractivity contribution in [3.05, 3.63) is 0 Å². The van der Waals surface area contributed by atoms with E-state index in [4.69, 9.17) is 0 Å². The van der Waals surface area contributed by atoms with E-state index in [0.717, 1.165) is 89.9 Å². The number of carbonyl (C=O) groups excluding carboxylic acids is 2. The first-order valence-electron chi connectivity index (χ1n) is 18.1. The molecule has 0 saturated heterocycles. The molecule has 0 rings (SSSR count). The minimum atomic E-state index is -0.924. The molecule has 0 fully saturated rings. The molecule has 2 atom stereocenters. The number of hydrogen-bond acceptors (Lipinski definition) is 6. The van der Waals surface area contributed by atoms with E-state index in [0.29, 0.717) is 0 Å². The zero-order chi connectivity index (χ0) is 31.5. The Morgan fingerprint density at radius 3 is 0.860 bits per heavy atom. The Kier molecular flexibility index (Phi) is 43.4. The summed E-state index contributed by atoms with van der Waals surface area (Å²) in [6.07, 6.45) is 32.0. The Bertz CT molecular complexity index is 512. The van der Waals surface area contributed by atoms with Crippen LogP contribution >= 0.6 is 0 Å². The van der Waals surface area contributed by atoms with Gasteiger partial charge in [-0.25, -0.2) is 0 Å². The summed E-state index contributed by atoms with van der Waals surface area (Å²) < 4.78 is 0. The maximum absolute atomic E-state index is 10.2. The number of hydrogen-bond donors (Lipinski definition) is 2. The van der Waals surface area contributed by atoms with Crippen LogP contribution in [-0.4, -0.2) is 57.4 Å². The molecule has 0 spiro atoms. The minimum Gasteiger partial charge on any atom is -0.550 e. The number of aliphatic hydroxyl groups is 2. The molecular formula is C36H70MgO6. The SMILES string of the molecule is CCCCCC(O)CCCCCCCCCCCC(=O)[O-].CCCCCC(O)CCCCCCCCCCCC(=O)[O-].[Mg+2]. The van der Waals surface area contributed by atoms with Crippen LogP contribution in [0.2, 0.25) is 0 Å². The molecule has 6 nitrogen and oxygen atoms in total. The molecule has 0 aliphatic rings. The van der Waals surface area contributed by atoms with Gasteiger partial charge in [-0.1, -0.05) is 155 Å². The van der Waals surface area contributed by atoms with Crippen molar-refractivity contribution in [3.63, 3.8) is 0 Å². The van der Waals surface area contributed by atoms with Gasteiger partial charge in [0.25, 0.3) is 0 Å². The summed E-state index contributed by atoms with van der Waals surface area (Å²) in [5.41, 5.74) is 0. The Balaban J connectivity index is -0.000000727. The van der Waals surface area contributed by atoms with Gasteiger partial charge in [-0.3, -0.25) is 0 Å². The predicted molar refractivity (Wildman–Crippen MR) is 178 cm³/mol. The summed E-state index contributed by atoms with van der Waals surface area (Å²) in [4.78, 5) is 20.5. The summed E-state index contributed by atoms with van der Waals surface area (Å²) in [5.74, 6) is -1.85. The van der Waals surface area contributed by atoms with Gasteiger partial charge >= 0.3 is 23.1 Å². The van der Waals surface area contributed by atoms with Crippen molar-refractivity contribution in [2.45, 2.75) is 219 Å². The monoisotopic (exact) mass is 623 g/mol. The molecule has 0 heterocycles. The maximum Gasteiger partial charge on any atom is 2.00 e. The molecule has 0 amide bonds. The zero-order valence-corrected chi connectivity index (χ0v) is 30.0. The van der Waals surface area contributed by atoms with Gasteiger partial charge in [0.1, 0.15) is 0 Å². The molecule has 0 aromatic heterocycles. The molecule has 2 unspecified atom stereocenters. The van der Waals surface area contributed by atoms with Crippen molar-refractivity contribution >= 4 is 35.0 Å². The Labute approximate surface area is 282 Å². The number of carbonyl (C=O) groups is 2. The van der Waals surface area contributed by atoms with Crippen LogP contribution in [0.4, 0.5) is 0 Å². The quantitative estimate of drug-likeness (QED) is 0.0590. The van der Waals surface area contributed by atoms with Crippen LogP contribution in [0.3, 0.4) is 0 Å². The molecule has 252 valence electrons. The number of unbranched alkanes of at least 4 members (excludes halogenated alkanes) is 20. The molecule has 2 N–H and O–H groups in total. The fourth-order valence-electron chi connectivity index (χ4n) is 5.32. The molecule has 0 aromatic carbocycles. The van der Waals surface area contributed by atoms with Crippen LogP contribution in [-0.2, 0) is 9.59 Å². The van der Waals surface area contributed by atoms with E-state index >= 15 is 0 Å². The largest absolute Gasteiger partial charge is 2.00 e. The first-order chi connectivity index (χ1) is 20.3. The van der Waals surface area contributed by atoms with Gasteiger partial charge in [0, 0.05) is 11.9 Å². The number of rotatable bonds is 32. The summed E-state index contributed by atoms with van der Waals surface area (Å²) in [6, 6.07) is 0. The summed E-state index contributed by atoms with van der Waals surface area (Å²) in [7, 11) is 0. The predicted octanol–water partition coefficient (Wildman–Crippen LogP) is 7.56. The van der Waals surface area contributed by atoms with Crippen LogP contribution in [0.15, 0.2) is 0 Å². The number of aliphatic carboxylic acids is 2. The van der Waals surface area contributed by atoms with E-state index in [1.54, 1.807) is 0 Å². The molecule has 0 saturated carbocycles. The van der Waals surface area contributed by atoms with Gasteiger partial charge in [-0.2, -0.15) is 0 Å². The van der Waals surface area contributed by atoms with Gasteiger partial charge in [-0.05, 0) is 51.4 Å². The van der Waals surface area contributed by atoms with Crippen molar-refractivity contribution in [2.75, 3.05) is 0 Å². The third-order valence-corrected chi connectivity index (χ3v) is 8.12. The molecule has 0 radical (unpaired) electrons. The van der Waals surface area contributed by atoms with Crippen LogP contribution in [0.5, 0.6) is 0 Å². The smallest absolute Gasteiger partial charge is 0.550 e. The third kappa shape index (κ3) is 46.2. The third-order valence-electron chi connectivity index (χ3n) is 8.12. The minimum absolute atomic E-state index is 0. The molecule has 0 aliphatic heterocycles. The van der Waals surface area contributed by atoms with Crippen molar-refractivity contribution < 1.29 is 30.0 Å². The summed E-state index contributed by atoms with van der Waals surface area (Å²) in [6.45, 7) is 4.38. The molecule has 43 heavy (non-hydrogen) atoms. The molecule has 0 bridgehead atoms. The molecule has 0 aromatic rings. The summed E-state index contributed by atoms with van der Waals surface area (Å²) >= 11 is 0. The van der Waals surface area contributed by atoms with E-state index in [-0.39, 0.29) is 48.1 Å². The van der Waals surface area contributed by atoms with Crippen LogP contribution in [0, 0.1) is 0 Å². The second-order valence-electron chi connectivity index (χ2n) is 12.5. The van der Waals surface area contributed by atoms with E-state index in [9.17, 15) is 30.0 Å². The molecular weight excluding hydrogens is 553 g/mol. The standard InChI is InChI=1S/2C18H36O3.Mg/c2*1-2-3-11-14-17(19)15-12-9-7-5-4-6-8-10-13-16-18(20)21;/h2*17,19H,2-16H2,1H3,(H,20,21);/q;;+2/p-2. The van der Waals surface area contributed by atoms with Crippen LogP contribution in [0.1, 0.15) is 206 Å². The van der Waals surface area contributed by atoms with Crippen molar-refractivity contribution in [1.29, 1.82) is 0 Å². The Morgan fingerprint density at radius 1 is 0.419 bits per heavy atom. The van der Waals surface area contributed by atoms with E-state index in [1.165, 1.54) is 89.9 Å². The molecule has 0 aliphatic carbocycles. The fourth-order valence-corrected chi connectivity index (χ4v) is 5.32. The van der Waals surface area contributed by atoms with Gasteiger partial charge in [0.2, 0.25) is 0 Å². The zero-order valence-electron chi connectivity index (χ0n) is 28.6. The van der Waals surface area contributed by atoms with Gasteiger partial charge in [0.05, 0.1) is 12.2 Å². The van der Waals surface area contributed by atoms with Crippen molar-refractivity contribution in [2.24, 2.45) is 0 Å². The maximum atomic E-state index is 10.2. The van der Waals surface area contributed by atoms with E-state index in [1.807, 2.05) is 0 Å². The first kappa shape index (κ1) is 47.0.